The summed E-state index contributed by atoms with van der Waals surface area (Å²) in [6.45, 7) is 9.01. The zero-order chi connectivity index (χ0) is 12.3. The van der Waals surface area contributed by atoms with Crippen molar-refractivity contribution >= 4 is 0 Å². The van der Waals surface area contributed by atoms with Gasteiger partial charge in [0.2, 0.25) is 0 Å². The molecule has 0 amide bonds. The summed E-state index contributed by atoms with van der Waals surface area (Å²) in [5.41, 5.74) is 1.48. The minimum Gasteiger partial charge on any atom is -0.354 e. The van der Waals surface area contributed by atoms with Crippen LogP contribution in [-0.4, -0.2) is 11.1 Å². The second kappa shape index (κ2) is 5.72. The van der Waals surface area contributed by atoms with Crippen LogP contribution in [-0.2, 0) is 6.54 Å². The van der Waals surface area contributed by atoms with Gasteiger partial charge in [0.1, 0.15) is 0 Å². The fourth-order valence-corrected chi connectivity index (χ4v) is 2.45. The number of rotatable bonds is 7. The van der Waals surface area contributed by atoms with Crippen molar-refractivity contribution in [2.75, 3.05) is 6.54 Å². The van der Waals surface area contributed by atoms with Crippen LogP contribution in [0.15, 0.2) is 18.5 Å². The molecule has 1 N–H and O–H groups in total. The summed E-state index contributed by atoms with van der Waals surface area (Å²) in [6, 6.07) is 2.90. The van der Waals surface area contributed by atoms with Crippen molar-refractivity contribution in [3.63, 3.8) is 0 Å². The van der Waals surface area contributed by atoms with E-state index >= 15 is 0 Å². The van der Waals surface area contributed by atoms with E-state index in [1.54, 1.807) is 0 Å². The topological polar surface area (TPSA) is 17.0 Å². The molecule has 2 nitrogen and oxygen atoms in total. The van der Waals surface area contributed by atoms with Crippen molar-refractivity contribution in [2.24, 2.45) is 11.8 Å². The predicted octanol–water partition coefficient (Wildman–Crippen LogP) is 3.59. The lowest BCUT2D eigenvalue weighted by Crippen LogP contribution is -2.22. The molecule has 1 aromatic rings. The van der Waals surface area contributed by atoms with Crippen LogP contribution in [0.5, 0.6) is 0 Å². The molecule has 0 spiro atoms. The van der Waals surface area contributed by atoms with E-state index in [-0.39, 0.29) is 0 Å². The molecule has 1 fully saturated rings. The highest BCUT2D eigenvalue weighted by atomic mass is 15.0. The van der Waals surface area contributed by atoms with Crippen LogP contribution in [0.2, 0.25) is 0 Å². The molecule has 0 aromatic carbocycles. The highest BCUT2D eigenvalue weighted by Crippen LogP contribution is 2.41. The van der Waals surface area contributed by atoms with E-state index in [9.17, 15) is 0 Å². The molecule has 2 heteroatoms. The van der Waals surface area contributed by atoms with Crippen molar-refractivity contribution in [3.05, 3.63) is 24.0 Å². The molecule has 1 aromatic heterocycles. The van der Waals surface area contributed by atoms with E-state index in [0.29, 0.717) is 6.04 Å². The zero-order valence-corrected chi connectivity index (χ0v) is 11.4. The molecule has 0 bridgehead atoms. The second-order valence-corrected chi connectivity index (χ2v) is 5.53. The third-order valence-corrected chi connectivity index (χ3v) is 3.87. The average Bonchev–Trinajstić information content (AvgIpc) is 3.06. The molecule has 0 radical (unpaired) electrons. The second-order valence-electron chi connectivity index (χ2n) is 5.53. The normalized spacial score (nSPS) is 19.2. The Bertz CT molecular complexity index is 338. The molecule has 1 heterocycles. The maximum Gasteiger partial charge on any atom is 0.0363 e. The number of nitrogens with zero attached hydrogens (tertiary/aromatic N) is 1. The van der Waals surface area contributed by atoms with Gasteiger partial charge in [-0.3, -0.25) is 0 Å². The van der Waals surface area contributed by atoms with E-state index in [1.165, 1.54) is 24.8 Å². The smallest absolute Gasteiger partial charge is 0.0363 e. The summed E-state index contributed by atoms with van der Waals surface area (Å²) in [4.78, 5) is 0. The van der Waals surface area contributed by atoms with Gasteiger partial charge in [-0.05, 0) is 42.9 Å². The summed E-state index contributed by atoms with van der Waals surface area (Å²) in [5.74, 6) is 1.66. The SMILES string of the molecule is CCNC(c1ccn(CC(C)CC)c1)C1CC1. The molecule has 96 valence electrons. The van der Waals surface area contributed by atoms with Crippen LogP contribution in [0.25, 0.3) is 0 Å². The van der Waals surface area contributed by atoms with Gasteiger partial charge in [-0.15, -0.1) is 0 Å². The lowest BCUT2D eigenvalue weighted by atomic mass is 10.1. The molecular weight excluding hydrogens is 208 g/mol. The van der Waals surface area contributed by atoms with Crippen LogP contribution in [0.1, 0.15) is 51.6 Å². The largest absolute Gasteiger partial charge is 0.354 e. The summed E-state index contributed by atoms with van der Waals surface area (Å²) < 4.78 is 2.36. The van der Waals surface area contributed by atoms with Crippen molar-refractivity contribution in [3.8, 4) is 0 Å². The first-order valence-corrected chi connectivity index (χ1v) is 7.13. The van der Waals surface area contributed by atoms with Crippen LogP contribution in [0.4, 0.5) is 0 Å². The maximum absolute atomic E-state index is 3.63. The fourth-order valence-electron chi connectivity index (χ4n) is 2.45. The van der Waals surface area contributed by atoms with E-state index in [2.05, 4.69) is 49.1 Å². The molecule has 1 aliphatic carbocycles. The first kappa shape index (κ1) is 12.7. The van der Waals surface area contributed by atoms with Gasteiger partial charge in [0, 0.05) is 25.0 Å². The molecule has 2 unspecified atom stereocenters. The Morgan fingerprint density at radius 3 is 2.76 bits per heavy atom. The van der Waals surface area contributed by atoms with Gasteiger partial charge in [0.15, 0.2) is 0 Å². The Morgan fingerprint density at radius 2 is 2.18 bits per heavy atom. The maximum atomic E-state index is 3.63. The first-order chi connectivity index (χ1) is 8.24. The molecule has 0 saturated heterocycles. The highest BCUT2D eigenvalue weighted by Gasteiger charge is 2.31. The molecule has 17 heavy (non-hydrogen) atoms. The average molecular weight is 234 g/mol. The van der Waals surface area contributed by atoms with Gasteiger partial charge in [-0.2, -0.15) is 0 Å². The Morgan fingerprint density at radius 1 is 1.41 bits per heavy atom. The molecule has 1 saturated carbocycles. The summed E-state index contributed by atoms with van der Waals surface area (Å²) >= 11 is 0. The van der Waals surface area contributed by atoms with Crippen LogP contribution >= 0.6 is 0 Å². The van der Waals surface area contributed by atoms with Gasteiger partial charge < -0.3 is 9.88 Å². The van der Waals surface area contributed by atoms with Crippen molar-refractivity contribution in [2.45, 2.75) is 52.6 Å². The Balaban J connectivity index is 2.00. The first-order valence-electron chi connectivity index (χ1n) is 7.13. The summed E-state index contributed by atoms with van der Waals surface area (Å²) in [7, 11) is 0. The highest BCUT2D eigenvalue weighted by molar-refractivity contribution is 5.18. The third kappa shape index (κ3) is 3.35. The standard InChI is InChI=1S/C15H26N2/c1-4-12(3)10-17-9-8-14(11-17)15(16-5-2)13-6-7-13/h8-9,11-13,15-16H,4-7,10H2,1-3H3. The Hall–Kier alpha value is -0.760. The van der Waals surface area contributed by atoms with E-state index in [4.69, 9.17) is 0 Å². The minimum atomic E-state index is 0.596. The third-order valence-electron chi connectivity index (χ3n) is 3.87. The fraction of sp³-hybridized carbons (Fsp3) is 0.733. The quantitative estimate of drug-likeness (QED) is 0.763. The van der Waals surface area contributed by atoms with Crippen LogP contribution in [0, 0.1) is 11.8 Å². The van der Waals surface area contributed by atoms with Gasteiger partial charge in [0.05, 0.1) is 0 Å². The van der Waals surface area contributed by atoms with Crippen LogP contribution < -0.4 is 5.32 Å². The molecule has 2 atom stereocenters. The summed E-state index contributed by atoms with van der Waals surface area (Å²) in [6.07, 6.45) is 8.64. The minimum absolute atomic E-state index is 0.596. The van der Waals surface area contributed by atoms with Gasteiger partial charge in [0.25, 0.3) is 0 Å². The lowest BCUT2D eigenvalue weighted by molar-refractivity contribution is 0.464. The van der Waals surface area contributed by atoms with Crippen molar-refractivity contribution in [1.82, 2.24) is 9.88 Å². The molecule has 0 aliphatic heterocycles. The van der Waals surface area contributed by atoms with Crippen molar-refractivity contribution < 1.29 is 0 Å². The molecule has 2 rings (SSSR count). The number of hydrogen-bond acceptors (Lipinski definition) is 1. The van der Waals surface area contributed by atoms with E-state index < -0.39 is 0 Å². The van der Waals surface area contributed by atoms with Gasteiger partial charge in [-0.1, -0.05) is 27.2 Å². The predicted molar refractivity (Wildman–Crippen MR) is 73.0 cm³/mol. The van der Waals surface area contributed by atoms with E-state index in [1.807, 2.05) is 0 Å². The Kier molecular flexibility index (Phi) is 4.27. The molecular formula is C15H26N2. The van der Waals surface area contributed by atoms with Crippen molar-refractivity contribution in [1.29, 1.82) is 0 Å². The van der Waals surface area contributed by atoms with Crippen LogP contribution in [0.3, 0.4) is 0 Å². The lowest BCUT2D eigenvalue weighted by Gasteiger charge is -2.16. The van der Waals surface area contributed by atoms with E-state index in [0.717, 1.165) is 24.9 Å². The van der Waals surface area contributed by atoms with Gasteiger partial charge >= 0.3 is 0 Å². The Labute approximate surface area is 105 Å². The monoisotopic (exact) mass is 234 g/mol. The summed E-state index contributed by atoms with van der Waals surface area (Å²) in [5, 5.41) is 3.63. The zero-order valence-electron chi connectivity index (χ0n) is 11.4. The number of nitrogens with one attached hydrogen (secondary N) is 1. The number of aromatic nitrogens is 1. The molecule has 1 aliphatic rings. The number of hydrogen-bond donors (Lipinski definition) is 1. The van der Waals surface area contributed by atoms with Gasteiger partial charge in [-0.25, -0.2) is 0 Å².